The maximum Gasteiger partial charge on any atom is 0.290 e. The van der Waals surface area contributed by atoms with Crippen molar-refractivity contribution in [2.75, 3.05) is 12.4 Å². The average Bonchev–Trinajstić information content (AvgIpc) is 3.81. The van der Waals surface area contributed by atoms with Crippen molar-refractivity contribution in [2.24, 2.45) is 22.9 Å². The van der Waals surface area contributed by atoms with E-state index < -0.39 is 0 Å². The number of thiophene rings is 1. The van der Waals surface area contributed by atoms with Gasteiger partial charge in [-0.3, -0.25) is 14.4 Å². The number of rotatable bonds is 11. The molecule has 1 unspecified atom stereocenters. The molecule has 0 radical (unpaired) electrons. The maximum atomic E-state index is 13.4. The first-order valence-corrected chi connectivity index (χ1v) is 14.4. The smallest absolute Gasteiger partial charge is 0.290 e. The second-order valence-electron chi connectivity index (χ2n) is 10.8. The number of hydrogen-bond donors (Lipinski definition) is 2. The van der Waals surface area contributed by atoms with Crippen LogP contribution in [0.2, 0.25) is 0 Å². The van der Waals surface area contributed by atoms with Crippen LogP contribution in [-0.4, -0.2) is 36.1 Å². The molecule has 0 aliphatic heterocycles. The highest BCUT2D eigenvalue weighted by atomic mass is 32.1. The van der Waals surface area contributed by atoms with Crippen molar-refractivity contribution in [1.29, 1.82) is 0 Å². The number of nitrogens with zero attached hydrogens (tertiary/aromatic N) is 1. The Morgan fingerprint density at radius 2 is 1.84 bits per heavy atom. The number of ketones is 1. The molecular weight excluding hydrogens is 500 g/mol. The van der Waals surface area contributed by atoms with Gasteiger partial charge in [0.1, 0.15) is 12.1 Å². The van der Waals surface area contributed by atoms with E-state index in [2.05, 4.69) is 41.7 Å². The van der Waals surface area contributed by atoms with Crippen molar-refractivity contribution in [3.8, 4) is 0 Å². The van der Waals surface area contributed by atoms with Gasteiger partial charge in [-0.25, -0.2) is 0 Å². The number of carbonyl (C=O) groups is 3. The fraction of sp³-hybridized carbons (Fsp3) is 0.533. The average molecular weight is 539 g/mol. The minimum Gasteiger partial charge on any atom is -0.483 e. The predicted octanol–water partition coefficient (Wildman–Crippen LogP) is 6.22. The van der Waals surface area contributed by atoms with E-state index in [0.717, 1.165) is 73.6 Å². The number of carbonyl (C=O) groups excluding carboxylic acids is 2. The summed E-state index contributed by atoms with van der Waals surface area (Å²) in [5.41, 5.74) is 5.53. The zero-order chi connectivity index (χ0) is 27.1. The summed E-state index contributed by atoms with van der Waals surface area (Å²) in [6.45, 7) is 1.85. The van der Waals surface area contributed by atoms with E-state index in [1.807, 2.05) is 0 Å². The third-order valence-electron chi connectivity index (χ3n) is 7.58. The van der Waals surface area contributed by atoms with Crippen LogP contribution in [0.1, 0.15) is 83.3 Å². The molecule has 1 amide bonds. The molecule has 8 heteroatoms. The first-order valence-electron chi connectivity index (χ1n) is 13.6. The molecule has 1 atom stereocenters. The van der Waals surface area contributed by atoms with Crippen LogP contribution in [0, 0.1) is 24.7 Å². The van der Waals surface area contributed by atoms with Gasteiger partial charge in [-0.05, 0) is 74.8 Å². The van der Waals surface area contributed by atoms with Gasteiger partial charge in [-0.1, -0.05) is 47.8 Å². The topological polar surface area (TPSA) is 105 Å². The normalized spacial score (nSPS) is 18.6. The van der Waals surface area contributed by atoms with Gasteiger partial charge in [-0.15, -0.1) is 11.3 Å². The number of hydrogen-bond acceptors (Lipinski definition) is 6. The van der Waals surface area contributed by atoms with Crippen molar-refractivity contribution < 1.29 is 24.3 Å². The van der Waals surface area contributed by atoms with Crippen LogP contribution in [0.15, 0.2) is 29.4 Å². The van der Waals surface area contributed by atoms with E-state index in [1.54, 1.807) is 18.4 Å². The number of fused-ring (bicyclic) bond motifs is 1. The minimum atomic E-state index is -0.250. The highest BCUT2D eigenvalue weighted by molar-refractivity contribution is 7.17. The van der Waals surface area contributed by atoms with E-state index in [4.69, 9.17) is 14.7 Å². The summed E-state index contributed by atoms with van der Waals surface area (Å²) in [5.74, 6) is 1.57. The van der Waals surface area contributed by atoms with Crippen LogP contribution in [0.25, 0.3) is 0 Å². The molecule has 204 valence electrons. The molecule has 0 bridgehead atoms. The highest BCUT2D eigenvalue weighted by Crippen LogP contribution is 2.43. The van der Waals surface area contributed by atoms with Gasteiger partial charge in [0.2, 0.25) is 5.91 Å². The second-order valence-corrected chi connectivity index (χ2v) is 11.9. The van der Waals surface area contributed by atoms with Crippen LogP contribution in [-0.2, 0) is 33.7 Å². The van der Waals surface area contributed by atoms with E-state index in [0.29, 0.717) is 12.3 Å². The molecule has 2 saturated carbocycles. The number of carboxylic acid groups (broad SMARTS) is 1. The molecular formula is C30H38N2O5S. The molecule has 5 rings (SSSR count). The Labute approximate surface area is 228 Å². The fourth-order valence-electron chi connectivity index (χ4n) is 5.19. The molecule has 2 fully saturated rings. The Balaban J connectivity index is 0.00000107. The van der Waals surface area contributed by atoms with E-state index >= 15 is 0 Å². The molecule has 1 heterocycles. The summed E-state index contributed by atoms with van der Waals surface area (Å²) in [7, 11) is 1.61. The Bertz CT molecular complexity index is 1160. The van der Waals surface area contributed by atoms with Crippen molar-refractivity contribution in [3.63, 3.8) is 0 Å². The number of amides is 1. The molecule has 38 heavy (non-hydrogen) atoms. The molecule has 3 aliphatic carbocycles. The Morgan fingerprint density at radius 1 is 1.13 bits per heavy atom. The number of nitrogens with one attached hydrogen (secondary N) is 1. The van der Waals surface area contributed by atoms with Gasteiger partial charge in [0.25, 0.3) is 6.47 Å². The van der Waals surface area contributed by atoms with Crippen LogP contribution in [0.3, 0.4) is 0 Å². The largest absolute Gasteiger partial charge is 0.483 e. The number of Topliss-reactive ketones (excluding diaryl/α,β-unsaturated/α-hetero) is 1. The Morgan fingerprint density at radius 3 is 2.47 bits per heavy atom. The highest BCUT2D eigenvalue weighted by Gasteiger charge is 2.34. The number of benzene rings is 1. The molecule has 2 N–H and O–H groups in total. The van der Waals surface area contributed by atoms with E-state index in [9.17, 15) is 9.59 Å². The second kappa shape index (κ2) is 13.2. The van der Waals surface area contributed by atoms with Gasteiger partial charge >= 0.3 is 0 Å². The molecule has 3 aliphatic rings. The van der Waals surface area contributed by atoms with Crippen molar-refractivity contribution in [1.82, 2.24) is 0 Å². The van der Waals surface area contributed by atoms with Crippen molar-refractivity contribution in [2.45, 2.75) is 77.6 Å². The number of anilines is 1. The fourth-order valence-corrected chi connectivity index (χ4v) is 6.45. The summed E-state index contributed by atoms with van der Waals surface area (Å²) in [5, 5.41) is 15.2. The van der Waals surface area contributed by atoms with Crippen molar-refractivity contribution in [3.05, 3.63) is 51.4 Å². The lowest BCUT2D eigenvalue weighted by Crippen LogP contribution is -2.20. The van der Waals surface area contributed by atoms with Gasteiger partial charge in [0.15, 0.2) is 5.78 Å². The van der Waals surface area contributed by atoms with Gasteiger partial charge in [-0.2, -0.15) is 0 Å². The first kappa shape index (κ1) is 28.0. The Kier molecular flexibility index (Phi) is 9.72. The standard InChI is InChI=1S/C29H36N2O3S.CH2O2/c1-18-3-5-20(6-4-18)15-23(31-34-2)16-21-10-14-26-24(17-21)27(25(32)13-9-19-7-8-19)29(35-26)30-28(33)22-11-12-22;2-1-3/h3-6,19,21-22H,7-17H2,1-2H3,(H,30,33);1H,(H,2,3). The van der Waals surface area contributed by atoms with Crippen LogP contribution < -0.4 is 5.32 Å². The molecule has 7 nitrogen and oxygen atoms in total. The first-order chi connectivity index (χ1) is 18.4. The number of aryl methyl sites for hydroxylation is 2. The summed E-state index contributed by atoms with van der Waals surface area (Å²) in [6, 6.07) is 8.58. The summed E-state index contributed by atoms with van der Waals surface area (Å²) in [6.07, 6.45) is 10.5. The minimum absolute atomic E-state index is 0.0870. The summed E-state index contributed by atoms with van der Waals surface area (Å²) < 4.78 is 0. The third kappa shape index (κ3) is 7.76. The molecule has 0 spiro atoms. The zero-order valence-corrected chi connectivity index (χ0v) is 23.1. The van der Waals surface area contributed by atoms with Crippen LogP contribution in [0.5, 0.6) is 0 Å². The monoisotopic (exact) mass is 538 g/mol. The van der Waals surface area contributed by atoms with E-state index in [-0.39, 0.29) is 24.1 Å². The molecule has 2 aromatic rings. The summed E-state index contributed by atoms with van der Waals surface area (Å²) >= 11 is 1.64. The molecule has 1 aromatic carbocycles. The lowest BCUT2D eigenvalue weighted by molar-refractivity contribution is -0.123. The van der Waals surface area contributed by atoms with E-state index in [1.165, 1.54) is 34.4 Å². The quantitative estimate of drug-likeness (QED) is 0.153. The van der Waals surface area contributed by atoms with Crippen LogP contribution >= 0.6 is 11.3 Å². The lowest BCUT2D eigenvalue weighted by atomic mass is 9.81. The maximum absolute atomic E-state index is 13.4. The van der Waals surface area contributed by atoms with Gasteiger partial charge < -0.3 is 15.3 Å². The predicted molar refractivity (Wildman–Crippen MR) is 150 cm³/mol. The van der Waals surface area contributed by atoms with Crippen LogP contribution in [0.4, 0.5) is 5.00 Å². The summed E-state index contributed by atoms with van der Waals surface area (Å²) in [4.78, 5) is 40.8. The zero-order valence-electron chi connectivity index (χ0n) is 22.3. The molecule has 0 saturated heterocycles. The third-order valence-corrected chi connectivity index (χ3v) is 8.78. The van der Waals surface area contributed by atoms with Gasteiger partial charge in [0.05, 0.1) is 11.3 Å². The van der Waals surface area contributed by atoms with Crippen molar-refractivity contribution >= 4 is 40.2 Å². The number of oxime groups is 1. The SMILES string of the molecule is CON=C(Cc1ccc(C)cc1)CC1CCc2sc(NC(=O)C3CC3)c(C(=O)CCC3CC3)c2C1.O=CO. The lowest BCUT2D eigenvalue weighted by Gasteiger charge is -2.23. The van der Waals surface area contributed by atoms with Gasteiger partial charge in [0, 0.05) is 23.6 Å². The Hall–Kier alpha value is -3.00. The molecule has 1 aromatic heterocycles.